The van der Waals surface area contributed by atoms with E-state index in [9.17, 15) is 0 Å². The minimum Gasteiger partial charge on any atom is -0.493 e. The second-order valence-electron chi connectivity index (χ2n) is 6.93. The summed E-state index contributed by atoms with van der Waals surface area (Å²) in [5.74, 6) is 1.76. The molecular weight excluding hydrogens is 234 g/mol. The van der Waals surface area contributed by atoms with Crippen LogP contribution in [-0.4, -0.2) is 13.2 Å². The van der Waals surface area contributed by atoms with Crippen LogP contribution in [0.15, 0.2) is 18.2 Å². The molecule has 0 aromatic heterocycles. The molecule has 19 heavy (non-hydrogen) atoms. The van der Waals surface area contributed by atoms with Crippen LogP contribution in [0.4, 0.5) is 5.69 Å². The second-order valence-corrected chi connectivity index (χ2v) is 6.93. The van der Waals surface area contributed by atoms with Crippen LogP contribution in [0, 0.1) is 11.3 Å². The molecule has 1 fully saturated rings. The van der Waals surface area contributed by atoms with Crippen molar-refractivity contribution in [3.8, 4) is 5.75 Å². The van der Waals surface area contributed by atoms with Gasteiger partial charge in [0.15, 0.2) is 0 Å². The summed E-state index contributed by atoms with van der Waals surface area (Å²) in [5.41, 5.74) is 3.22. The molecule has 1 atom stereocenters. The summed E-state index contributed by atoms with van der Waals surface area (Å²) in [6.07, 6.45) is 6.39. The Hall–Kier alpha value is -1.18. The third-order valence-electron chi connectivity index (χ3n) is 4.58. The van der Waals surface area contributed by atoms with Gasteiger partial charge < -0.3 is 10.1 Å². The maximum atomic E-state index is 6.01. The number of rotatable bonds is 3. The Morgan fingerprint density at radius 1 is 1.37 bits per heavy atom. The van der Waals surface area contributed by atoms with Gasteiger partial charge in [-0.1, -0.05) is 19.9 Å². The van der Waals surface area contributed by atoms with Gasteiger partial charge >= 0.3 is 0 Å². The van der Waals surface area contributed by atoms with E-state index in [-0.39, 0.29) is 0 Å². The Morgan fingerprint density at radius 3 is 3.05 bits per heavy atom. The SMILES string of the molecule is CC1(C)CCC(COc2ccc3c(c2)NCCC3)C1. The summed E-state index contributed by atoms with van der Waals surface area (Å²) in [4.78, 5) is 0. The number of ether oxygens (including phenoxy) is 1. The zero-order valence-electron chi connectivity index (χ0n) is 12.2. The van der Waals surface area contributed by atoms with Crippen molar-refractivity contribution >= 4 is 5.69 Å². The summed E-state index contributed by atoms with van der Waals surface area (Å²) in [7, 11) is 0. The highest BCUT2D eigenvalue weighted by molar-refractivity contribution is 5.56. The molecular formula is C17H25NO. The average Bonchev–Trinajstić information content (AvgIpc) is 2.76. The summed E-state index contributed by atoms with van der Waals surface area (Å²) in [5, 5.41) is 3.46. The zero-order chi connectivity index (χ0) is 13.3. The number of aryl methyl sites for hydroxylation is 1. The van der Waals surface area contributed by atoms with Crippen molar-refractivity contribution in [2.24, 2.45) is 11.3 Å². The van der Waals surface area contributed by atoms with Crippen LogP contribution < -0.4 is 10.1 Å². The number of hydrogen-bond acceptors (Lipinski definition) is 2. The molecule has 0 amide bonds. The smallest absolute Gasteiger partial charge is 0.121 e. The molecule has 1 N–H and O–H groups in total. The number of hydrogen-bond donors (Lipinski definition) is 1. The van der Waals surface area contributed by atoms with Crippen molar-refractivity contribution in [2.45, 2.75) is 46.0 Å². The Bertz CT molecular complexity index is 453. The first-order chi connectivity index (χ1) is 9.12. The van der Waals surface area contributed by atoms with Gasteiger partial charge in [0.05, 0.1) is 6.61 Å². The van der Waals surface area contributed by atoms with Gasteiger partial charge in [0.2, 0.25) is 0 Å². The number of anilines is 1. The van der Waals surface area contributed by atoms with E-state index in [1.807, 2.05) is 0 Å². The molecule has 1 aliphatic carbocycles. The second kappa shape index (κ2) is 5.07. The molecule has 1 unspecified atom stereocenters. The van der Waals surface area contributed by atoms with Crippen LogP contribution in [0.5, 0.6) is 5.75 Å². The first-order valence-electron chi connectivity index (χ1n) is 7.62. The van der Waals surface area contributed by atoms with Gasteiger partial charge in [-0.15, -0.1) is 0 Å². The van der Waals surface area contributed by atoms with Crippen LogP contribution in [0.2, 0.25) is 0 Å². The minimum absolute atomic E-state index is 0.519. The number of benzene rings is 1. The van der Waals surface area contributed by atoms with Crippen LogP contribution in [0.1, 0.15) is 45.1 Å². The number of fused-ring (bicyclic) bond motifs is 1. The summed E-state index contributed by atoms with van der Waals surface area (Å²) >= 11 is 0. The summed E-state index contributed by atoms with van der Waals surface area (Å²) < 4.78 is 6.01. The molecule has 1 aliphatic heterocycles. The Labute approximate surface area is 116 Å². The highest BCUT2D eigenvalue weighted by Crippen LogP contribution is 2.41. The molecule has 2 aliphatic rings. The summed E-state index contributed by atoms with van der Waals surface area (Å²) in [6, 6.07) is 6.52. The van der Waals surface area contributed by atoms with Crippen molar-refractivity contribution in [2.75, 3.05) is 18.5 Å². The van der Waals surface area contributed by atoms with Gasteiger partial charge in [0, 0.05) is 18.3 Å². The van der Waals surface area contributed by atoms with E-state index < -0.39 is 0 Å². The molecule has 1 aromatic rings. The zero-order valence-corrected chi connectivity index (χ0v) is 12.2. The summed E-state index contributed by atoms with van der Waals surface area (Å²) in [6.45, 7) is 6.71. The van der Waals surface area contributed by atoms with Crippen LogP contribution in [0.25, 0.3) is 0 Å². The van der Waals surface area contributed by atoms with Gasteiger partial charge in [-0.3, -0.25) is 0 Å². The van der Waals surface area contributed by atoms with Gasteiger partial charge in [-0.2, -0.15) is 0 Å². The van der Waals surface area contributed by atoms with Crippen molar-refractivity contribution in [3.63, 3.8) is 0 Å². The molecule has 0 radical (unpaired) electrons. The third-order valence-corrected chi connectivity index (χ3v) is 4.58. The van der Waals surface area contributed by atoms with E-state index in [0.29, 0.717) is 5.41 Å². The van der Waals surface area contributed by atoms with E-state index in [1.54, 1.807) is 0 Å². The Morgan fingerprint density at radius 2 is 2.26 bits per heavy atom. The maximum Gasteiger partial charge on any atom is 0.121 e. The Balaban J connectivity index is 1.58. The molecule has 1 saturated carbocycles. The van der Waals surface area contributed by atoms with Crippen molar-refractivity contribution in [1.82, 2.24) is 0 Å². The lowest BCUT2D eigenvalue weighted by Crippen LogP contribution is -2.13. The van der Waals surface area contributed by atoms with Crippen molar-refractivity contribution < 1.29 is 4.74 Å². The van der Waals surface area contributed by atoms with E-state index in [0.717, 1.165) is 24.8 Å². The van der Waals surface area contributed by atoms with E-state index >= 15 is 0 Å². The molecule has 1 aromatic carbocycles. The third kappa shape index (κ3) is 3.05. The molecule has 3 rings (SSSR count). The molecule has 0 saturated heterocycles. The predicted octanol–water partition coefficient (Wildman–Crippen LogP) is 4.25. The molecule has 2 heteroatoms. The minimum atomic E-state index is 0.519. The van der Waals surface area contributed by atoms with Gasteiger partial charge in [0.1, 0.15) is 5.75 Å². The van der Waals surface area contributed by atoms with E-state index in [4.69, 9.17) is 4.74 Å². The monoisotopic (exact) mass is 259 g/mol. The van der Waals surface area contributed by atoms with Crippen LogP contribution in [0.3, 0.4) is 0 Å². The quantitative estimate of drug-likeness (QED) is 0.876. The molecule has 0 spiro atoms. The fourth-order valence-corrected chi connectivity index (χ4v) is 3.47. The van der Waals surface area contributed by atoms with E-state index in [2.05, 4.69) is 37.4 Å². The molecule has 0 bridgehead atoms. The highest BCUT2D eigenvalue weighted by Gasteiger charge is 2.31. The predicted molar refractivity (Wildman–Crippen MR) is 79.9 cm³/mol. The van der Waals surface area contributed by atoms with Gasteiger partial charge in [-0.05, 0) is 55.1 Å². The fourth-order valence-electron chi connectivity index (χ4n) is 3.47. The van der Waals surface area contributed by atoms with Gasteiger partial charge in [0.25, 0.3) is 0 Å². The maximum absolute atomic E-state index is 6.01. The topological polar surface area (TPSA) is 21.3 Å². The van der Waals surface area contributed by atoms with Crippen molar-refractivity contribution in [3.05, 3.63) is 23.8 Å². The molecule has 1 heterocycles. The first kappa shape index (κ1) is 12.8. The standard InChI is InChI=1S/C17H25NO/c1-17(2)8-7-13(11-17)12-19-15-6-5-14-4-3-9-18-16(14)10-15/h5-6,10,13,18H,3-4,7-9,11-12H2,1-2H3. The molecule has 104 valence electrons. The van der Waals surface area contributed by atoms with Gasteiger partial charge in [-0.25, -0.2) is 0 Å². The highest BCUT2D eigenvalue weighted by atomic mass is 16.5. The Kier molecular flexibility index (Phi) is 3.42. The van der Waals surface area contributed by atoms with Crippen molar-refractivity contribution in [1.29, 1.82) is 0 Å². The van der Waals surface area contributed by atoms with E-state index in [1.165, 1.54) is 43.4 Å². The lowest BCUT2D eigenvalue weighted by atomic mass is 9.91. The van der Waals surface area contributed by atoms with Crippen LogP contribution in [-0.2, 0) is 6.42 Å². The molecule has 2 nitrogen and oxygen atoms in total. The average molecular weight is 259 g/mol. The lowest BCUT2D eigenvalue weighted by molar-refractivity contribution is 0.238. The first-order valence-corrected chi connectivity index (χ1v) is 7.62. The van der Waals surface area contributed by atoms with Crippen LogP contribution >= 0.6 is 0 Å². The number of nitrogens with one attached hydrogen (secondary N) is 1. The lowest BCUT2D eigenvalue weighted by Gasteiger charge is -2.20. The fraction of sp³-hybridized carbons (Fsp3) is 0.647. The largest absolute Gasteiger partial charge is 0.493 e. The normalized spacial score (nSPS) is 24.6.